The lowest BCUT2D eigenvalue weighted by Crippen LogP contribution is -2.46. The summed E-state index contributed by atoms with van der Waals surface area (Å²) in [7, 11) is 2.15. The number of thiocarbonyl (C=S) groups is 1. The van der Waals surface area contributed by atoms with Crippen molar-refractivity contribution in [1.82, 2.24) is 14.8 Å². The van der Waals surface area contributed by atoms with Crippen molar-refractivity contribution in [3.8, 4) is 0 Å². The summed E-state index contributed by atoms with van der Waals surface area (Å²) in [5, 5.41) is 0.982. The highest BCUT2D eigenvalue weighted by molar-refractivity contribution is 7.81. The van der Waals surface area contributed by atoms with Gasteiger partial charge in [0.2, 0.25) is 0 Å². The van der Waals surface area contributed by atoms with Gasteiger partial charge in [-0.1, -0.05) is 24.4 Å². The molecule has 18 heavy (non-hydrogen) atoms. The molecule has 0 spiro atoms. The van der Waals surface area contributed by atoms with Crippen LogP contribution in [0.4, 0.5) is 0 Å². The third kappa shape index (κ3) is 2.25. The lowest BCUT2D eigenvalue weighted by atomic mass is 10.3. The van der Waals surface area contributed by atoms with E-state index in [9.17, 15) is 0 Å². The Labute approximate surface area is 116 Å². The topological polar surface area (TPSA) is 19.4 Å². The van der Waals surface area contributed by atoms with E-state index in [2.05, 4.69) is 27.9 Å². The summed E-state index contributed by atoms with van der Waals surface area (Å²) in [6.45, 7) is 4.16. The highest BCUT2D eigenvalue weighted by atomic mass is 32.1. The zero-order chi connectivity index (χ0) is 12.5. The average molecular weight is 277 g/mol. The van der Waals surface area contributed by atoms with Crippen LogP contribution >= 0.6 is 23.6 Å². The Morgan fingerprint density at radius 1 is 1.22 bits per heavy atom. The van der Waals surface area contributed by atoms with Crippen LogP contribution in [0.2, 0.25) is 0 Å². The molecule has 1 saturated heterocycles. The molecule has 3 rings (SSSR count). The van der Waals surface area contributed by atoms with Crippen LogP contribution in [0.1, 0.15) is 5.01 Å². The van der Waals surface area contributed by atoms with Gasteiger partial charge >= 0.3 is 0 Å². The minimum atomic E-state index is 0.907. The molecule has 1 aliphatic heterocycles. The molecule has 0 N–H and O–H groups in total. The van der Waals surface area contributed by atoms with Crippen molar-refractivity contribution >= 4 is 38.8 Å². The van der Waals surface area contributed by atoms with Crippen molar-refractivity contribution in [1.29, 1.82) is 0 Å². The summed E-state index contributed by atoms with van der Waals surface area (Å²) in [5.74, 6) is 0. The first-order valence-corrected chi connectivity index (χ1v) is 7.30. The van der Waals surface area contributed by atoms with Gasteiger partial charge in [0, 0.05) is 26.2 Å². The van der Waals surface area contributed by atoms with Crippen molar-refractivity contribution in [2.24, 2.45) is 0 Å². The first-order valence-electron chi connectivity index (χ1n) is 6.07. The van der Waals surface area contributed by atoms with E-state index in [-0.39, 0.29) is 0 Å². The van der Waals surface area contributed by atoms with E-state index in [4.69, 9.17) is 12.2 Å². The number of fused-ring (bicyclic) bond motifs is 1. The Morgan fingerprint density at radius 2 is 1.94 bits per heavy atom. The number of para-hydroxylation sites is 1. The molecule has 1 fully saturated rings. The molecule has 0 radical (unpaired) electrons. The minimum absolute atomic E-state index is 0.907. The largest absolute Gasteiger partial charge is 0.358 e. The molecule has 0 bridgehead atoms. The molecule has 0 aliphatic carbocycles. The molecule has 94 valence electrons. The molecule has 0 unspecified atom stereocenters. The fourth-order valence-corrected chi connectivity index (χ4v) is 3.40. The first-order chi connectivity index (χ1) is 8.74. The molecule has 2 heterocycles. The van der Waals surface area contributed by atoms with Gasteiger partial charge < -0.3 is 9.80 Å². The summed E-state index contributed by atoms with van der Waals surface area (Å²) in [4.78, 5) is 10.1. The van der Waals surface area contributed by atoms with Gasteiger partial charge in [0.1, 0.15) is 4.99 Å². The second-order valence-corrected chi connectivity index (χ2v) is 6.00. The van der Waals surface area contributed by atoms with Crippen molar-refractivity contribution in [3.05, 3.63) is 29.3 Å². The summed E-state index contributed by atoms with van der Waals surface area (Å²) >= 11 is 7.27. The van der Waals surface area contributed by atoms with Gasteiger partial charge in [-0.2, -0.15) is 0 Å². The molecule has 5 heteroatoms. The number of likely N-dealkylation sites (N-methyl/N-ethyl adjacent to an activating group) is 1. The highest BCUT2D eigenvalue weighted by Gasteiger charge is 2.19. The molecule has 2 aromatic rings. The van der Waals surface area contributed by atoms with Gasteiger partial charge in [0.05, 0.1) is 10.2 Å². The summed E-state index contributed by atoms with van der Waals surface area (Å²) in [6, 6.07) is 8.21. The standard InChI is InChI=1S/C13H15N3S2/c1-15-6-8-16(9-7-15)13(17)12-14-10-4-2-3-5-11(10)18-12/h2-5H,6-9H2,1H3. The van der Waals surface area contributed by atoms with E-state index in [1.54, 1.807) is 11.3 Å². The number of benzene rings is 1. The quantitative estimate of drug-likeness (QED) is 0.744. The number of nitrogens with zero attached hydrogens (tertiary/aromatic N) is 3. The van der Waals surface area contributed by atoms with Crippen LogP contribution < -0.4 is 0 Å². The average Bonchev–Trinajstić information content (AvgIpc) is 2.82. The van der Waals surface area contributed by atoms with Crippen molar-refractivity contribution in [2.45, 2.75) is 0 Å². The normalized spacial score (nSPS) is 17.3. The molecule has 0 atom stereocenters. The van der Waals surface area contributed by atoms with Crippen LogP contribution in [-0.2, 0) is 0 Å². The summed E-state index contributed by atoms with van der Waals surface area (Å²) in [5.41, 5.74) is 1.05. The lowest BCUT2D eigenvalue weighted by molar-refractivity contribution is 0.218. The Hall–Kier alpha value is -1.04. The van der Waals surface area contributed by atoms with Gasteiger partial charge in [-0.15, -0.1) is 11.3 Å². The SMILES string of the molecule is CN1CCN(C(=S)c2nc3ccccc3s2)CC1. The molecule has 0 saturated carbocycles. The van der Waals surface area contributed by atoms with Gasteiger partial charge in [0.25, 0.3) is 0 Å². The smallest absolute Gasteiger partial charge is 0.152 e. The van der Waals surface area contributed by atoms with Gasteiger partial charge in [-0.25, -0.2) is 4.98 Å². The Kier molecular flexibility index (Phi) is 3.28. The van der Waals surface area contributed by atoms with Crippen LogP contribution in [0, 0.1) is 0 Å². The van der Waals surface area contributed by atoms with Gasteiger partial charge in [-0.05, 0) is 19.2 Å². The maximum atomic E-state index is 5.58. The van der Waals surface area contributed by atoms with Crippen LogP contribution in [0.25, 0.3) is 10.2 Å². The number of aromatic nitrogens is 1. The lowest BCUT2D eigenvalue weighted by Gasteiger charge is -2.33. The monoisotopic (exact) mass is 277 g/mol. The second kappa shape index (κ2) is 4.91. The highest BCUT2D eigenvalue weighted by Crippen LogP contribution is 2.23. The fraction of sp³-hybridized carbons (Fsp3) is 0.385. The van der Waals surface area contributed by atoms with E-state index < -0.39 is 0 Å². The van der Waals surface area contributed by atoms with Crippen molar-refractivity contribution in [3.63, 3.8) is 0 Å². The van der Waals surface area contributed by atoms with E-state index in [1.807, 2.05) is 18.2 Å². The minimum Gasteiger partial charge on any atom is -0.358 e. The maximum absolute atomic E-state index is 5.58. The van der Waals surface area contributed by atoms with Crippen LogP contribution in [0.5, 0.6) is 0 Å². The maximum Gasteiger partial charge on any atom is 0.152 e. The number of rotatable bonds is 1. The molecule has 1 aromatic carbocycles. The third-order valence-corrected chi connectivity index (χ3v) is 4.89. The van der Waals surface area contributed by atoms with Crippen LogP contribution in [0.15, 0.2) is 24.3 Å². The molecule has 0 amide bonds. The Bertz CT molecular complexity index is 537. The van der Waals surface area contributed by atoms with Gasteiger partial charge in [0.15, 0.2) is 5.01 Å². The Morgan fingerprint density at radius 3 is 2.67 bits per heavy atom. The number of hydrogen-bond acceptors (Lipinski definition) is 4. The molecular weight excluding hydrogens is 262 g/mol. The molecular formula is C13H15N3S2. The van der Waals surface area contributed by atoms with Crippen LogP contribution in [0.3, 0.4) is 0 Å². The predicted octanol–water partition coefficient (Wildman–Crippen LogP) is 2.22. The third-order valence-electron chi connectivity index (χ3n) is 3.27. The number of thiazole rings is 1. The zero-order valence-electron chi connectivity index (χ0n) is 10.3. The Balaban J connectivity index is 1.83. The van der Waals surface area contributed by atoms with E-state index >= 15 is 0 Å². The number of piperazine rings is 1. The number of hydrogen-bond donors (Lipinski definition) is 0. The van der Waals surface area contributed by atoms with Gasteiger partial charge in [-0.3, -0.25) is 0 Å². The van der Waals surface area contributed by atoms with Crippen LogP contribution in [-0.4, -0.2) is 53.0 Å². The zero-order valence-corrected chi connectivity index (χ0v) is 11.9. The van der Waals surface area contributed by atoms with E-state index in [0.717, 1.165) is 41.7 Å². The molecule has 1 aromatic heterocycles. The first kappa shape index (κ1) is 12.0. The summed E-state index contributed by atoms with van der Waals surface area (Å²) in [6.07, 6.45) is 0. The van der Waals surface area contributed by atoms with E-state index in [1.165, 1.54) is 4.70 Å². The fourth-order valence-electron chi connectivity index (χ4n) is 2.11. The van der Waals surface area contributed by atoms with E-state index in [0.29, 0.717) is 0 Å². The second-order valence-electron chi connectivity index (χ2n) is 4.58. The molecule has 1 aliphatic rings. The molecule has 3 nitrogen and oxygen atoms in total. The predicted molar refractivity (Wildman–Crippen MR) is 80.4 cm³/mol. The van der Waals surface area contributed by atoms with Crippen molar-refractivity contribution in [2.75, 3.05) is 33.2 Å². The summed E-state index contributed by atoms with van der Waals surface area (Å²) < 4.78 is 1.21. The van der Waals surface area contributed by atoms with Crippen molar-refractivity contribution < 1.29 is 0 Å².